The number of aliphatic carboxylic acids is 1. The monoisotopic (exact) mass is 305 g/mol. The number of carbonyl (C=O) groups is 2. The second-order valence-electron chi connectivity index (χ2n) is 4.38. The number of hydrogen-bond donors (Lipinski definition) is 3. The van der Waals surface area contributed by atoms with Gasteiger partial charge in [0.25, 0.3) is 0 Å². The van der Waals surface area contributed by atoms with Gasteiger partial charge in [-0.3, -0.25) is 4.98 Å². The Kier molecular flexibility index (Phi) is 5.12. The van der Waals surface area contributed by atoms with E-state index in [1.165, 1.54) is 5.32 Å². The van der Waals surface area contributed by atoms with Crippen molar-refractivity contribution in [3.05, 3.63) is 30.1 Å². The van der Waals surface area contributed by atoms with Crippen molar-refractivity contribution in [1.82, 2.24) is 15.6 Å². The molecule has 0 aliphatic heterocycles. The summed E-state index contributed by atoms with van der Waals surface area (Å²) in [7, 11) is 0. The molecule has 116 valence electrons. The summed E-state index contributed by atoms with van der Waals surface area (Å²) in [4.78, 5) is 26.1. The van der Waals surface area contributed by atoms with Crippen LogP contribution in [0.1, 0.15) is 12.6 Å². The van der Waals surface area contributed by atoms with Crippen LogP contribution in [0.3, 0.4) is 0 Å². The molecule has 1 atom stereocenters. The zero-order valence-corrected chi connectivity index (χ0v) is 11.1. The minimum absolute atomic E-state index is 0.0242. The van der Waals surface area contributed by atoms with E-state index in [1.807, 2.05) is 0 Å². The number of carboxylic acid groups (broad SMARTS) is 1. The van der Waals surface area contributed by atoms with Gasteiger partial charge in [-0.1, -0.05) is 6.07 Å². The first-order chi connectivity index (χ1) is 9.67. The third-order valence-electron chi connectivity index (χ3n) is 2.75. The number of halogens is 3. The van der Waals surface area contributed by atoms with Crippen LogP contribution in [0.5, 0.6) is 0 Å². The van der Waals surface area contributed by atoms with Gasteiger partial charge in [0.05, 0.1) is 0 Å². The first-order valence-corrected chi connectivity index (χ1v) is 5.93. The van der Waals surface area contributed by atoms with Gasteiger partial charge in [0.15, 0.2) is 0 Å². The molecule has 1 unspecified atom stereocenters. The molecule has 1 aromatic rings. The van der Waals surface area contributed by atoms with Gasteiger partial charge in [-0.25, -0.2) is 9.59 Å². The summed E-state index contributed by atoms with van der Waals surface area (Å²) in [6.45, 7) is 0.407. The first-order valence-electron chi connectivity index (χ1n) is 5.93. The van der Waals surface area contributed by atoms with Gasteiger partial charge in [-0.2, -0.15) is 13.2 Å². The van der Waals surface area contributed by atoms with E-state index in [0.717, 1.165) is 0 Å². The highest BCUT2D eigenvalue weighted by Crippen LogP contribution is 2.30. The minimum atomic E-state index is -5.11. The Morgan fingerprint density at radius 1 is 1.33 bits per heavy atom. The van der Waals surface area contributed by atoms with Gasteiger partial charge in [0.2, 0.25) is 5.54 Å². The van der Waals surface area contributed by atoms with Crippen molar-refractivity contribution < 1.29 is 27.9 Å². The van der Waals surface area contributed by atoms with Gasteiger partial charge in [-0.15, -0.1) is 0 Å². The molecule has 1 aromatic heterocycles. The topological polar surface area (TPSA) is 91.3 Å². The van der Waals surface area contributed by atoms with E-state index in [-0.39, 0.29) is 6.54 Å². The Morgan fingerprint density at radius 2 is 2.00 bits per heavy atom. The van der Waals surface area contributed by atoms with Crippen molar-refractivity contribution in [2.75, 3.05) is 6.54 Å². The molecule has 0 saturated heterocycles. The number of amides is 2. The van der Waals surface area contributed by atoms with Crippen LogP contribution in [-0.4, -0.2) is 40.4 Å². The van der Waals surface area contributed by atoms with E-state index >= 15 is 0 Å². The van der Waals surface area contributed by atoms with Gasteiger partial charge in [-0.05, 0) is 19.1 Å². The maximum atomic E-state index is 12.7. The number of nitrogens with zero attached hydrogens (tertiary/aromatic N) is 1. The number of urea groups is 1. The number of carbonyl (C=O) groups excluding carboxylic acids is 1. The van der Waals surface area contributed by atoms with E-state index in [0.29, 0.717) is 19.0 Å². The molecular weight excluding hydrogens is 291 g/mol. The van der Waals surface area contributed by atoms with E-state index in [2.05, 4.69) is 10.3 Å². The van der Waals surface area contributed by atoms with Crippen molar-refractivity contribution >= 4 is 12.0 Å². The number of aromatic nitrogens is 1. The summed E-state index contributed by atoms with van der Waals surface area (Å²) in [6.07, 6.45) is -3.26. The number of alkyl halides is 3. The zero-order chi connectivity index (χ0) is 16.1. The lowest BCUT2D eigenvalue weighted by molar-refractivity contribution is -0.203. The highest BCUT2D eigenvalue weighted by Gasteiger charge is 2.58. The normalized spacial score (nSPS) is 14.1. The zero-order valence-electron chi connectivity index (χ0n) is 11.1. The van der Waals surface area contributed by atoms with Crippen molar-refractivity contribution in [2.45, 2.75) is 25.1 Å². The molecule has 0 bridgehead atoms. The predicted molar refractivity (Wildman–Crippen MR) is 66.6 cm³/mol. The molecule has 0 aromatic carbocycles. The summed E-state index contributed by atoms with van der Waals surface area (Å²) in [5.41, 5.74) is -2.70. The first kappa shape index (κ1) is 16.7. The van der Waals surface area contributed by atoms with Crippen molar-refractivity contribution in [1.29, 1.82) is 0 Å². The molecule has 21 heavy (non-hydrogen) atoms. The maximum Gasteiger partial charge on any atom is 0.422 e. The second-order valence-corrected chi connectivity index (χ2v) is 4.38. The summed E-state index contributed by atoms with van der Waals surface area (Å²) >= 11 is 0. The van der Waals surface area contributed by atoms with Crippen molar-refractivity contribution in [2.24, 2.45) is 0 Å². The second kappa shape index (κ2) is 6.42. The van der Waals surface area contributed by atoms with Crippen LogP contribution in [0, 0.1) is 0 Å². The van der Waals surface area contributed by atoms with Crippen LogP contribution in [0.2, 0.25) is 0 Å². The lowest BCUT2D eigenvalue weighted by Gasteiger charge is -2.28. The highest BCUT2D eigenvalue weighted by molar-refractivity contribution is 5.86. The quantitative estimate of drug-likeness (QED) is 0.765. The molecule has 0 fully saturated rings. The summed E-state index contributed by atoms with van der Waals surface area (Å²) in [6, 6.07) is 3.91. The fourth-order valence-corrected chi connectivity index (χ4v) is 1.37. The van der Waals surface area contributed by atoms with Crippen LogP contribution >= 0.6 is 0 Å². The highest BCUT2D eigenvalue weighted by atomic mass is 19.4. The molecule has 1 heterocycles. The molecule has 0 radical (unpaired) electrons. The largest absolute Gasteiger partial charge is 0.479 e. The fraction of sp³-hybridized carbons (Fsp3) is 0.417. The summed E-state index contributed by atoms with van der Waals surface area (Å²) in [5.74, 6) is -2.19. The number of hydrogen-bond acceptors (Lipinski definition) is 3. The number of pyridine rings is 1. The van der Waals surface area contributed by atoms with Gasteiger partial charge < -0.3 is 15.7 Å². The molecule has 9 heteroatoms. The van der Waals surface area contributed by atoms with E-state index in [9.17, 15) is 22.8 Å². The molecule has 6 nitrogen and oxygen atoms in total. The minimum Gasteiger partial charge on any atom is -0.479 e. The molecule has 2 amide bonds. The average Bonchev–Trinajstić information content (AvgIpc) is 2.38. The van der Waals surface area contributed by atoms with Crippen molar-refractivity contribution in [3.63, 3.8) is 0 Å². The lowest BCUT2D eigenvalue weighted by Crippen LogP contribution is -2.63. The molecule has 3 N–H and O–H groups in total. The predicted octanol–water partition coefficient (Wildman–Crippen LogP) is 1.33. The Morgan fingerprint density at radius 3 is 2.48 bits per heavy atom. The van der Waals surface area contributed by atoms with Crippen LogP contribution < -0.4 is 10.6 Å². The number of nitrogens with one attached hydrogen (secondary N) is 2. The average molecular weight is 305 g/mol. The Labute approximate surface area is 118 Å². The van der Waals surface area contributed by atoms with Crippen LogP contribution in [0.25, 0.3) is 0 Å². The third kappa shape index (κ3) is 4.33. The Balaban J connectivity index is 2.54. The summed E-state index contributed by atoms with van der Waals surface area (Å²) < 4.78 is 38.0. The molecule has 0 spiro atoms. The van der Waals surface area contributed by atoms with Crippen LogP contribution in [-0.2, 0) is 11.2 Å². The van der Waals surface area contributed by atoms with Gasteiger partial charge >= 0.3 is 18.2 Å². The molecule has 0 aliphatic rings. The number of carboxylic acids is 1. The third-order valence-corrected chi connectivity index (χ3v) is 2.75. The molecule has 0 saturated carbocycles. The summed E-state index contributed by atoms with van der Waals surface area (Å²) in [5, 5.41) is 12.2. The van der Waals surface area contributed by atoms with Gasteiger partial charge in [0.1, 0.15) is 0 Å². The molecule has 1 rings (SSSR count). The standard InChI is InChI=1S/C12H14F3N3O3/c1-11(9(19)20,12(13,14)15)18-10(21)17-7-5-8-4-2-3-6-16-8/h2-4,6H,5,7H2,1H3,(H,19,20)(H2,17,18,21). The van der Waals surface area contributed by atoms with E-state index < -0.39 is 23.7 Å². The van der Waals surface area contributed by atoms with E-state index in [1.54, 1.807) is 24.4 Å². The van der Waals surface area contributed by atoms with E-state index in [4.69, 9.17) is 5.11 Å². The van der Waals surface area contributed by atoms with Crippen LogP contribution in [0.4, 0.5) is 18.0 Å². The fourth-order valence-electron chi connectivity index (χ4n) is 1.37. The molecular formula is C12H14F3N3O3. The Bertz CT molecular complexity index is 507. The molecule has 0 aliphatic carbocycles. The lowest BCUT2D eigenvalue weighted by atomic mass is 10.0. The van der Waals surface area contributed by atoms with Crippen molar-refractivity contribution in [3.8, 4) is 0 Å². The van der Waals surface area contributed by atoms with Crippen LogP contribution in [0.15, 0.2) is 24.4 Å². The van der Waals surface area contributed by atoms with Gasteiger partial charge in [0, 0.05) is 24.9 Å². The maximum absolute atomic E-state index is 12.7. The number of rotatable bonds is 5. The Hall–Kier alpha value is -2.32. The smallest absolute Gasteiger partial charge is 0.422 e. The SMILES string of the molecule is CC(NC(=O)NCCc1ccccn1)(C(=O)O)C(F)(F)F.